The summed E-state index contributed by atoms with van der Waals surface area (Å²) in [6.45, 7) is 4.66. The molecule has 1 N–H and O–H groups in total. The van der Waals surface area contributed by atoms with Crippen LogP contribution >= 0.6 is 0 Å². The number of rotatable bonds is 3. The molecular weight excluding hydrogens is 366 g/mol. The number of ether oxygens (including phenoxy) is 1. The predicted molar refractivity (Wildman–Crippen MR) is 91.5 cm³/mol. The molecule has 2 aliphatic heterocycles. The minimum Gasteiger partial charge on any atom is -0.607 e. The van der Waals surface area contributed by atoms with E-state index in [4.69, 9.17) is 4.74 Å². The zero-order chi connectivity index (χ0) is 19.2. The molecule has 2 aliphatic rings. The van der Waals surface area contributed by atoms with Crippen LogP contribution in [-0.4, -0.2) is 69.5 Å². The fourth-order valence-corrected chi connectivity index (χ4v) is 4.06. The van der Waals surface area contributed by atoms with Crippen molar-refractivity contribution in [2.45, 2.75) is 42.2 Å². The Balaban J connectivity index is 2.05. The highest BCUT2D eigenvalue weighted by Gasteiger charge is 2.47. The number of aliphatic hydroxyl groups is 1. The van der Waals surface area contributed by atoms with E-state index in [1.807, 2.05) is 11.9 Å². The Labute approximate surface area is 153 Å². The van der Waals surface area contributed by atoms with E-state index in [-0.39, 0.29) is 17.3 Å². The lowest BCUT2D eigenvalue weighted by atomic mass is 9.85. The first-order valence-corrected chi connectivity index (χ1v) is 9.51. The summed E-state index contributed by atoms with van der Waals surface area (Å²) in [4.78, 5) is 15.9. The number of fused-ring (bicyclic) bond motifs is 1. The van der Waals surface area contributed by atoms with Crippen LogP contribution in [0, 0.1) is 0 Å². The van der Waals surface area contributed by atoms with Crippen molar-refractivity contribution in [2.75, 3.05) is 26.7 Å². The van der Waals surface area contributed by atoms with Crippen LogP contribution in [0.3, 0.4) is 0 Å². The summed E-state index contributed by atoms with van der Waals surface area (Å²) in [7, 11) is 1.83. The molecule has 0 saturated carbocycles. The average Bonchev–Trinajstić information content (AvgIpc) is 2.56. The summed E-state index contributed by atoms with van der Waals surface area (Å²) >= 11 is -2.48. The molecule has 0 spiro atoms. The van der Waals surface area contributed by atoms with Crippen molar-refractivity contribution in [2.24, 2.45) is 0 Å². The molecule has 1 fully saturated rings. The molecule has 0 radical (unpaired) electrons. The van der Waals surface area contributed by atoms with Crippen LogP contribution in [0.2, 0.25) is 0 Å². The molecule has 0 aliphatic carbocycles. The van der Waals surface area contributed by atoms with Crippen LogP contribution in [-0.2, 0) is 16.0 Å². The first-order chi connectivity index (χ1) is 12.1. The molecule has 9 heteroatoms. The first kappa shape index (κ1) is 19.3. The second-order valence-electron chi connectivity index (χ2n) is 7.18. The van der Waals surface area contributed by atoms with Gasteiger partial charge in [0.25, 0.3) is 0 Å². The smallest absolute Gasteiger partial charge is 0.402 e. The van der Waals surface area contributed by atoms with Gasteiger partial charge in [0, 0.05) is 24.7 Å². The molecule has 1 aromatic rings. The van der Waals surface area contributed by atoms with E-state index >= 15 is 0 Å². The lowest BCUT2D eigenvalue weighted by Crippen LogP contribution is -2.58. The van der Waals surface area contributed by atoms with Crippen molar-refractivity contribution < 1.29 is 28.0 Å². The summed E-state index contributed by atoms with van der Waals surface area (Å²) in [5.41, 5.74) is -0.564. The molecule has 1 unspecified atom stereocenters. The lowest BCUT2D eigenvalue weighted by molar-refractivity contribution is -0.149. The Morgan fingerprint density at radius 3 is 2.69 bits per heavy atom. The number of aliphatic hydroxyl groups excluding tert-OH is 1. The van der Waals surface area contributed by atoms with Gasteiger partial charge in [-0.05, 0) is 33.0 Å². The van der Waals surface area contributed by atoms with Gasteiger partial charge in [-0.3, -0.25) is 9.69 Å². The number of carbonyl (C=O) groups excluding carboxylic acids is 1. The molecule has 3 rings (SSSR count). The van der Waals surface area contributed by atoms with E-state index < -0.39 is 34.7 Å². The highest BCUT2D eigenvalue weighted by atomic mass is 32.2. The van der Waals surface area contributed by atoms with Crippen LogP contribution in [0.1, 0.15) is 25.5 Å². The quantitative estimate of drug-likeness (QED) is 0.792. The van der Waals surface area contributed by atoms with Crippen molar-refractivity contribution >= 4 is 17.1 Å². The zero-order valence-corrected chi connectivity index (χ0v) is 15.6. The Morgan fingerprint density at radius 1 is 1.38 bits per heavy atom. The molecule has 6 nitrogen and oxygen atoms in total. The number of nitrogens with zero attached hydrogens (tertiary/aromatic N) is 2. The van der Waals surface area contributed by atoms with Crippen LogP contribution < -0.4 is 4.74 Å². The number of hydrogen-bond acceptors (Lipinski definition) is 5. The van der Waals surface area contributed by atoms with Crippen molar-refractivity contribution in [3.63, 3.8) is 0 Å². The van der Waals surface area contributed by atoms with Gasteiger partial charge in [0.1, 0.15) is 17.5 Å². The standard InChI is InChI=1S/C17H22F2N2O4S/c1-17(2)15(23)14(21-7-6-20(3)9-13(21)22)11-8-10(26(24)16(18)19)4-5-12(11)25-17/h4-5,8,14-16,23H,6-7,9H2,1-3H3/t14-,15+,26?/m1/s1. The van der Waals surface area contributed by atoms with E-state index in [2.05, 4.69) is 0 Å². The number of likely N-dealkylation sites (N-methyl/N-ethyl adjacent to an activating group) is 1. The second kappa shape index (κ2) is 6.95. The number of benzene rings is 1. The molecule has 144 valence electrons. The van der Waals surface area contributed by atoms with Gasteiger partial charge in [-0.25, -0.2) is 0 Å². The first-order valence-electron chi connectivity index (χ1n) is 8.29. The highest BCUT2D eigenvalue weighted by Crippen LogP contribution is 2.44. The Kier molecular flexibility index (Phi) is 5.17. The van der Waals surface area contributed by atoms with Gasteiger partial charge >= 0.3 is 5.76 Å². The van der Waals surface area contributed by atoms with E-state index in [1.165, 1.54) is 18.2 Å². The number of piperazine rings is 1. The monoisotopic (exact) mass is 388 g/mol. The van der Waals surface area contributed by atoms with Gasteiger partial charge in [0.05, 0.1) is 23.8 Å². The molecule has 26 heavy (non-hydrogen) atoms. The van der Waals surface area contributed by atoms with Gasteiger partial charge in [0.2, 0.25) is 5.91 Å². The molecule has 1 amide bonds. The third-order valence-corrected chi connectivity index (χ3v) is 5.90. The number of hydrogen-bond donors (Lipinski definition) is 1. The molecular formula is C17H22F2N2O4S. The second-order valence-corrected chi connectivity index (χ2v) is 8.60. The molecule has 1 aromatic carbocycles. The van der Waals surface area contributed by atoms with Crippen molar-refractivity contribution in [3.8, 4) is 5.75 Å². The minimum absolute atomic E-state index is 0.0548. The summed E-state index contributed by atoms with van der Waals surface area (Å²) in [6, 6.07) is 3.42. The maximum absolute atomic E-state index is 12.9. The molecule has 1 saturated heterocycles. The molecule has 0 aromatic heterocycles. The predicted octanol–water partition coefficient (Wildman–Crippen LogP) is 1.36. The third kappa shape index (κ3) is 3.40. The van der Waals surface area contributed by atoms with Crippen molar-refractivity contribution in [1.29, 1.82) is 0 Å². The van der Waals surface area contributed by atoms with Crippen LogP contribution in [0.4, 0.5) is 8.78 Å². The zero-order valence-electron chi connectivity index (χ0n) is 14.8. The molecule has 0 bridgehead atoms. The SMILES string of the molecule is CN1CCN([C@@H]2c3cc([S+]([O-])C(F)F)ccc3OC(C)(C)[C@H]2O)C(=O)C1. The van der Waals surface area contributed by atoms with E-state index in [9.17, 15) is 23.2 Å². The third-order valence-electron chi connectivity index (χ3n) is 4.86. The Morgan fingerprint density at radius 2 is 2.08 bits per heavy atom. The average molecular weight is 388 g/mol. The fraction of sp³-hybridized carbons (Fsp3) is 0.588. The van der Waals surface area contributed by atoms with Crippen LogP contribution in [0.25, 0.3) is 0 Å². The Hall–Kier alpha value is -1.42. The molecule has 3 atom stereocenters. The highest BCUT2D eigenvalue weighted by molar-refractivity contribution is 7.91. The van der Waals surface area contributed by atoms with Gasteiger partial charge in [-0.1, -0.05) is 0 Å². The lowest BCUT2D eigenvalue weighted by Gasteiger charge is -2.48. The topological polar surface area (TPSA) is 76.1 Å². The maximum Gasteiger partial charge on any atom is 0.402 e. The van der Waals surface area contributed by atoms with E-state index in [0.717, 1.165) is 0 Å². The summed E-state index contributed by atoms with van der Waals surface area (Å²) in [5, 5.41) is 10.9. The van der Waals surface area contributed by atoms with Gasteiger partial charge in [-0.15, -0.1) is 0 Å². The maximum atomic E-state index is 12.9. The number of alkyl halides is 2. The van der Waals surface area contributed by atoms with Crippen LogP contribution in [0.5, 0.6) is 5.75 Å². The van der Waals surface area contributed by atoms with E-state index in [0.29, 0.717) is 24.4 Å². The Bertz CT molecular complexity index is 703. The van der Waals surface area contributed by atoms with Crippen molar-refractivity contribution in [1.82, 2.24) is 9.80 Å². The van der Waals surface area contributed by atoms with Crippen molar-refractivity contribution in [3.05, 3.63) is 23.8 Å². The summed E-state index contributed by atoms with van der Waals surface area (Å²) in [6.07, 6.45) is -1.06. The number of carbonyl (C=O) groups is 1. The minimum atomic E-state index is -3.01. The van der Waals surface area contributed by atoms with E-state index in [1.54, 1.807) is 18.7 Å². The fourth-order valence-electron chi connectivity index (χ4n) is 3.41. The molecule has 2 heterocycles. The summed E-state index contributed by atoms with van der Waals surface area (Å²) in [5.74, 6) is -2.78. The van der Waals surface area contributed by atoms with Crippen LogP contribution in [0.15, 0.2) is 23.1 Å². The van der Waals surface area contributed by atoms with Gasteiger partial charge < -0.3 is 19.3 Å². The number of amides is 1. The van der Waals surface area contributed by atoms with Gasteiger partial charge in [-0.2, -0.15) is 8.78 Å². The normalized spacial score (nSPS) is 27.2. The number of halogens is 2. The summed E-state index contributed by atoms with van der Waals surface area (Å²) < 4.78 is 43.3. The largest absolute Gasteiger partial charge is 0.607 e. The van der Waals surface area contributed by atoms with Gasteiger partial charge in [0.15, 0.2) is 4.90 Å².